The topological polar surface area (TPSA) is 12.0 Å². The van der Waals surface area contributed by atoms with Crippen molar-refractivity contribution >= 4 is 0 Å². The van der Waals surface area contributed by atoms with Crippen LogP contribution in [-0.4, -0.2) is 0 Å². The standard InChI is InChI=1S/C19H21N/c1-13-6-7-15-9-11-19(17(15)12-13)20-18-10-8-14-4-2-3-5-16(14)18/h2-7,12,18-20H,8-11H2,1H3. The molecular weight excluding hydrogens is 242 g/mol. The minimum Gasteiger partial charge on any atom is -0.303 e. The molecule has 0 aliphatic heterocycles. The maximum atomic E-state index is 3.92. The van der Waals surface area contributed by atoms with E-state index in [4.69, 9.17) is 0 Å². The fourth-order valence-corrected chi connectivity index (χ4v) is 3.87. The van der Waals surface area contributed by atoms with E-state index in [9.17, 15) is 0 Å². The van der Waals surface area contributed by atoms with Gasteiger partial charge in [-0.2, -0.15) is 0 Å². The normalized spacial score (nSPS) is 23.6. The summed E-state index contributed by atoms with van der Waals surface area (Å²) in [5, 5.41) is 3.92. The average molecular weight is 263 g/mol. The third-order valence-electron chi connectivity index (χ3n) is 4.91. The number of fused-ring (bicyclic) bond motifs is 2. The maximum absolute atomic E-state index is 3.92. The van der Waals surface area contributed by atoms with Gasteiger partial charge in [-0.15, -0.1) is 0 Å². The molecule has 2 unspecified atom stereocenters. The van der Waals surface area contributed by atoms with Crippen molar-refractivity contribution in [1.82, 2.24) is 5.32 Å². The van der Waals surface area contributed by atoms with Gasteiger partial charge in [0.2, 0.25) is 0 Å². The summed E-state index contributed by atoms with van der Waals surface area (Å²) >= 11 is 0. The van der Waals surface area contributed by atoms with Crippen LogP contribution in [0.25, 0.3) is 0 Å². The van der Waals surface area contributed by atoms with Crippen LogP contribution in [0.1, 0.15) is 52.7 Å². The van der Waals surface area contributed by atoms with E-state index >= 15 is 0 Å². The Labute approximate surface area is 121 Å². The van der Waals surface area contributed by atoms with E-state index in [1.54, 1.807) is 5.56 Å². The Kier molecular flexibility index (Phi) is 2.89. The third kappa shape index (κ3) is 1.97. The largest absolute Gasteiger partial charge is 0.303 e. The van der Waals surface area contributed by atoms with Crippen molar-refractivity contribution in [2.24, 2.45) is 0 Å². The molecule has 0 heterocycles. The van der Waals surface area contributed by atoms with E-state index < -0.39 is 0 Å². The molecular formula is C19H21N. The van der Waals surface area contributed by atoms with Crippen molar-refractivity contribution in [2.45, 2.75) is 44.7 Å². The van der Waals surface area contributed by atoms with E-state index in [1.807, 2.05) is 0 Å². The Balaban J connectivity index is 1.59. The van der Waals surface area contributed by atoms with Crippen molar-refractivity contribution < 1.29 is 0 Å². The number of nitrogens with one attached hydrogen (secondary N) is 1. The van der Waals surface area contributed by atoms with Crippen LogP contribution in [0.15, 0.2) is 42.5 Å². The average Bonchev–Trinajstić information content (AvgIpc) is 3.05. The molecule has 2 aliphatic carbocycles. The highest BCUT2D eigenvalue weighted by molar-refractivity contribution is 5.39. The summed E-state index contributed by atoms with van der Waals surface area (Å²) in [6.45, 7) is 2.19. The lowest BCUT2D eigenvalue weighted by atomic mass is 10.0. The molecule has 2 aliphatic rings. The smallest absolute Gasteiger partial charge is 0.0331 e. The molecule has 2 aromatic rings. The molecule has 2 atom stereocenters. The molecule has 1 nitrogen and oxygen atoms in total. The summed E-state index contributed by atoms with van der Waals surface area (Å²) in [6.07, 6.45) is 4.94. The second kappa shape index (κ2) is 4.75. The zero-order chi connectivity index (χ0) is 13.5. The van der Waals surface area contributed by atoms with Gasteiger partial charge in [-0.1, -0.05) is 48.0 Å². The Morgan fingerprint density at radius 2 is 1.55 bits per heavy atom. The van der Waals surface area contributed by atoms with Crippen LogP contribution in [0.3, 0.4) is 0 Å². The number of rotatable bonds is 2. The third-order valence-corrected chi connectivity index (χ3v) is 4.91. The van der Waals surface area contributed by atoms with Crippen LogP contribution < -0.4 is 5.32 Å². The predicted molar refractivity (Wildman–Crippen MR) is 82.9 cm³/mol. The van der Waals surface area contributed by atoms with Crippen molar-refractivity contribution in [3.63, 3.8) is 0 Å². The monoisotopic (exact) mass is 263 g/mol. The van der Waals surface area contributed by atoms with Gasteiger partial charge in [0, 0.05) is 12.1 Å². The number of hydrogen-bond acceptors (Lipinski definition) is 1. The van der Waals surface area contributed by atoms with E-state index in [0.29, 0.717) is 12.1 Å². The van der Waals surface area contributed by atoms with Crippen LogP contribution in [0, 0.1) is 6.92 Å². The fourth-order valence-electron chi connectivity index (χ4n) is 3.87. The number of aryl methyl sites for hydroxylation is 3. The molecule has 0 bridgehead atoms. The van der Waals surface area contributed by atoms with Crippen LogP contribution in [0.4, 0.5) is 0 Å². The summed E-state index contributed by atoms with van der Waals surface area (Å²) in [5.41, 5.74) is 7.51. The number of hydrogen-bond donors (Lipinski definition) is 1. The SMILES string of the molecule is Cc1ccc2c(c1)C(NC1CCc3ccccc31)CC2. The Morgan fingerprint density at radius 1 is 0.850 bits per heavy atom. The highest BCUT2D eigenvalue weighted by Crippen LogP contribution is 2.37. The molecule has 2 aromatic carbocycles. The first-order chi connectivity index (χ1) is 9.81. The van der Waals surface area contributed by atoms with Gasteiger partial charge >= 0.3 is 0 Å². The van der Waals surface area contributed by atoms with Gasteiger partial charge in [-0.25, -0.2) is 0 Å². The fraction of sp³-hybridized carbons (Fsp3) is 0.368. The summed E-state index contributed by atoms with van der Waals surface area (Å²) in [4.78, 5) is 0. The van der Waals surface area contributed by atoms with Crippen LogP contribution in [0.5, 0.6) is 0 Å². The maximum Gasteiger partial charge on any atom is 0.0331 e. The minimum absolute atomic E-state index is 0.543. The van der Waals surface area contributed by atoms with Gasteiger partial charge in [0.15, 0.2) is 0 Å². The Morgan fingerprint density at radius 3 is 2.40 bits per heavy atom. The predicted octanol–water partition coefficient (Wildman–Crippen LogP) is 4.26. The Bertz CT molecular complexity index is 644. The first kappa shape index (κ1) is 12.2. The van der Waals surface area contributed by atoms with Crippen molar-refractivity contribution in [1.29, 1.82) is 0 Å². The zero-order valence-electron chi connectivity index (χ0n) is 12.0. The molecule has 20 heavy (non-hydrogen) atoms. The van der Waals surface area contributed by atoms with Crippen LogP contribution in [0.2, 0.25) is 0 Å². The number of benzene rings is 2. The summed E-state index contributed by atoms with van der Waals surface area (Å²) < 4.78 is 0. The van der Waals surface area contributed by atoms with Gasteiger partial charge in [0.05, 0.1) is 0 Å². The highest BCUT2D eigenvalue weighted by atomic mass is 15.0. The van der Waals surface area contributed by atoms with Crippen molar-refractivity contribution in [2.75, 3.05) is 0 Å². The lowest BCUT2D eigenvalue weighted by Gasteiger charge is -2.21. The van der Waals surface area contributed by atoms with Crippen LogP contribution in [-0.2, 0) is 12.8 Å². The van der Waals surface area contributed by atoms with Gasteiger partial charge < -0.3 is 5.32 Å². The van der Waals surface area contributed by atoms with Crippen molar-refractivity contribution in [3.05, 3.63) is 70.3 Å². The molecule has 0 aromatic heterocycles. The van der Waals surface area contributed by atoms with E-state index in [2.05, 4.69) is 54.7 Å². The Hall–Kier alpha value is -1.60. The van der Waals surface area contributed by atoms with Gasteiger partial charge in [0.25, 0.3) is 0 Å². The molecule has 0 spiro atoms. The van der Waals surface area contributed by atoms with Gasteiger partial charge in [0.1, 0.15) is 0 Å². The molecule has 0 saturated carbocycles. The first-order valence-electron chi connectivity index (χ1n) is 7.74. The van der Waals surface area contributed by atoms with E-state index in [-0.39, 0.29) is 0 Å². The summed E-state index contributed by atoms with van der Waals surface area (Å²) in [7, 11) is 0. The van der Waals surface area contributed by atoms with E-state index in [1.165, 1.54) is 47.9 Å². The van der Waals surface area contributed by atoms with Crippen LogP contribution >= 0.6 is 0 Å². The second-order valence-corrected chi connectivity index (χ2v) is 6.25. The second-order valence-electron chi connectivity index (χ2n) is 6.25. The molecule has 4 rings (SSSR count). The first-order valence-corrected chi connectivity index (χ1v) is 7.74. The lowest BCUT2D eigenvalue weighted by molar-refractivity contribution is 0.440. The zero-order valence-corrected chi connectivity index (χ0v) is 12.0. The highest BCUT2D eigenvalue weighted by Gasteiger charge is 2.28. The van der Waals surface area contributed by atoms with Gasteiger partial charge in [-0.05, 0) is 54.9 Å². The van der Waals surface area contributed by atoms with Crippen molar-refractivity contribution in [3.8, 4) is 0 Å². The summed E-state index contributed by atoms with van der Waals surface area (Å²) in [6, 6.07) is 16.9. The molecule has 102 valence electrons. The molecule has 0 fully saturated rings. The molecule has 1 N–H and O–H groups in total. The quantitative estimate of drug-likeness (QED) is 0.853. The molecule has 0 amide bonds. The van der Waals surface area contributed by atoms with Gasteiger partial charge in [-0.3, -0.25) is 0 Å². The summed E-state index contributed by atoms with van der Waals surface area (Å²) in [5.74, 6) is 0. The minimum atomic E-state index is 0.543. The molecule has 0 radical (unpaired) electrons. The lowest BCUT2D eigenvalue weighted by Crippen LogP contribution is -2.23. The molecule has 1 heteroatoms. The molecule has 0 saturated heterocycles. The van der Waals surface area contributed by atoms with E-state index in [0.717, 1.165) is 0 Å².